The second-order valence-corrected chi connectivity index (χ2v) is 6.26. The molecule has 0 saturated carbocycles. The second kappa shape index (κ2) is 5.22. The topological polar surface area (TPSA) is 12.0 Å². The summed E-state index contributed by atoms with van der Waals surface area (Å²) in [5.74, 6) is 0. The summed E-state index contributed by atoms with van der Waals surface area (Å²) in [7, 11) is 2.05. The predicted octanol–water partition coefficient (Wildman–Crippen LogP) is 4.47. The highest BCUT2D eigenvalue weighted by Gasteiger charge is 2.14. The van der Waals surface area contributed by atoms with E-state index >= 15 is 0 Å². The molecule has 1 unspecified atom stereocenters. The van der Waals surface area contributed by atoms with Crippen LogP contribution in [0.5, 0.6) is 0 Å². The minimum atomic E-state index is 0.394. The van der Waals surface area contributed by atoms with Crippen molar-refractivity contribution in [2.45, 2.75) is 12.5 Å². The Balaban J connectivity index is 1.98. The molecule has 0 aliphatic heterocycles. The van der Waals surface area contributed by atoms with Crippen molar-refractivity contribution in [1.82, 2.24) is 5.32 Å². The molecule has 2 aromatic heterocycles. The molecule has 3 aromatic rings. The van der Waals surface area contributed by atoms with Gasteiger partial charge in [0.05, 0.1) is 0 Å². The van der Waals surface area contributed by atoms with Crippen molar-refractivity contribution in [3.63, 3.8) is 0 Å². The SMILES string of the molecule is CNC(Cc1cccs1)c1cccc2ccsc12. The van der Waals surface area contributed by atoms with Crippen molar-refractivity contribution in [3.8, 4) is 0 Å². The van der Waals surface area contributed by atoms with Crippen molar-refractivity contribution in [3.05, 3.63) is 57.6 Å². The number of nitrogens with one attached hydrogen (secondary N) is 1. The molecule has 0 aliphatic carbocycles. The summed E-state index contributed by atoms with van der Waals surface area (Å²) in [6.07, 6.45) is 1.06. The van der Waals surface area contributed by atoms with E-state index in [-0.39, 0.29) is 0 Å². The normalized spacial score (nSPS) is 12.9. The van der Waals surface area contributed by atoms with Crippen LogP contribution in [0.4, 0.5) is 0 Å². The van der Waals surface area contributed by atoms with Gasteiger partial charge < -0.3 is 5.32 Å². The van der Waals surface area contributed by atoms with Crippen LogP contribution in [0.15, 0.2) is 47.2 Å². The van der Waals surface area contributed by atoms with Gasteiger partial charge in [-0.2, -0.15) is 0 Å². The van der Waals surface area contributed by atoms with Gasteiger partial charge in [0.15, 0.2) is 0 Å². The fourth-order valence-corrected chi connectivity index (χ4v) is 4.01. The minimum Gasteiger partial charge on any atom is -0.313 e. The standard InChI is InChI=1S/C15H15NS2/c1-16-14(10-12-5-3-8-17-12)13-6-2-4-11-7-9-18-15(11)13/h2-9,14,16H,10H2,1H3. The van der Waals surface area contributed by atoms with E-state index in [4.69, 9.17) is 0 Å². The molecule has 0 bridgehead atoms. The lowest BCUT2D eigenvalue weighted by atomic mass is 10.0. The average Bonchev–Trinajstić information content (AvgIpc) is 3.06. The van der Waals surface area contributed by atoms with E-state index in [9.17, 15) is 0 Å². The van der Waals surface area contributed by atoms with Crippen LogP contribution in [0, 0.1) is 0 Å². The summed E-state index contributed by atoms with van der Waals surface area (Å²) in [4.78, 5) is 1.43. The van der Waals surface area contributed by atoms with Gasteiger partial charge in [-0.1, -0.05) is 24.3 Å². The minimum absolute atomic E-state index is 0.394. The molecule has 0 spiro atoms. The zero-order chi connectivity index (χ0) is 12.4. The molecule has 3 rings (SSSR count). The Morgan fingerprint density at radius 1 is 1.06 bits per heavy atom. The first-order chi connectivity index (χ1) is 8.88. The number of likely N-dealkylation sites (N-methyl/N-ethyl adjacent to an activating group) is 1. The molecule has 2 heterocycles. The van der Waals surface area contributed by atoms with Gasteiger partial charge in [0.1, 0.15) is 0 Å². The van der Waals surface area contributed by atoms with Gasteiger partial charge in [-0.3, -0.25) is 0 Å². The van der Waals surface area contributed by atoms with E-state index in [1.165, 1.54) is 20.5 Å². The molecule has 1 N–H and O–H groups in total. The van der Waals surface area contributed by atoms with Crippen LogP contribution in [-0.4, -0.2) is 7.05 Å². The van der Waals surface area contributed by atoms with Gasteiger partial charge in [-0.15, -0.1) is 22.7 Å². The summed E-state index contributed by atoms with van der Waals surface area (Å²) in [5, 5.41) is 9.12. The zero-order valence-electron chi connectivity index (χ0n) is 10.2. The summed E-state index contributed by atoms with van der Waals surface area (Å²) in [5.41, 5.74) is 1.42. The maximum absolute atomic E-state index is 3.45. The first-order valence-electron chi connectivity index (χ1n) is 6.04. The van der Waals surface area contributed by atoms with Gasteiger partial charge in [-0.25, -0.2) is 0 Å². The van der Waals surface area contributed by atoms with Gasteiger partial charge >= 0.3 is 0 Å². The lowest BCUT2D eigenvalue weighted by molar-refractivity contribution is 0.601. The maximum atomic E-state index is 3.45. The van der Waals surface area contributed by atoms with Gasteiger partial charge in [0.2, 0.25) is 0 Å². The number of hydrogen-bond donors (Lipinski definition) is 1. The fraction of sp³-hybridized carbons (Fsp3) is 0.200. The van der Waals surface area contributed by atoms with Crippen LogP contribution in [0.2, 0.25) is 0 Å². The molecule has 3 heteroatoms. The van der Waals surface area contributed by atoms with E-state index in [0.717, 1.165) is 6.42 Å². The Kier molecular flexibility index (Phi) is 3.46. The third kappa shape index (κ3) is 2.21. The van der Waals surface area contributed by atoms with E-state index in [2.05, 4.69) is 52.5 Å². The smallest absolute Gasteiger partial charge is 0.0390 e. The van der Waals surface area contributed by atoms with Crippen LogP contribution in [0.25, 0.3) is 10.1 Å². The van der Waals surface area contributed by atoms with E-state index in [1.54, 1.807) is 0 Å². The molecule has 1 aromatic carbocycles. The Morgan fingerprint density at radius 2 is 2.00 bits per heavy atom. The first kappa shape index (κ1) is 11.9. The second-order valence-electron chi connectivity index (χ2n) is 4.31. The zero-order valence-corrected chi connectivity index (χ0v) is 11.9. The first-order valence-corrected chi connectivity index (χ1v) is 7.80. The van der Waals surface area contributed by atoms with Crippen molar-refractivity contribution < 1.29 is 0 Å². The molecule has 92 valence electrons. The van der Waals surface area contributed by atoms with Gasteiger partial charge in [0.25, 0.3) is 0 Å². The summed E-state index contributed by atoms with van der Waals surface area (Å²) >= 11 is 3.67. The quantitative estimate of drug-likeness (QED) is 0.739. The molecule has 0 amide bonds. The molecule has 1 nitrogen and oxygen atoms in total. The Hall–Kier alpha value is -1.16. The third-order valence-electron chi connectivity index (χ3n) is 3.22. The molecule has 1 atom stereocenters. The highest BCUT2D eigenvalue weighted by molar-refractivity contribution is 7.17. The van der Waals surface area contributed by atoms with Crippen LogP contribution in [0.1, 0.15) is 16.5 Å². The Labute approximate surface area is 115 Å². The lowest BCUT2D eigenvalue weighted by Gasteiger charge is -2.16. The van der Waals surface area contributed by atoms with E-state index in [0.29, 0.717) is 6.04 Å². The summed E-state index contributed by atoms with van der Waals surface area (Å²) in [6, 6.07) is 13.5. The number of benzene rings is 1. The van der Waals surface area contributed by atoms with Crippen molar-refractivity contribution in [2.75, 3.05) is 7.05 Å². The third-order valence-corrected chi connectivity index (χ3v) is 5.10. The largest absolute Gasteiger partial charge is 0.313 e. The van der Waals surface area contributed by atoms with Crippen molar-refractivity contribution in [2.24, 2.45) is 0 Å². The van der Waals surface area contributed by atoms with Gasteiger partial charge in [0, 0.05) is 22.0 Å². The molecular weight excluding hydrogens is 258 g/mol. The fourth-order valence-electron chi connectivity index (χ4n) is 2.29. The van der Waals surface area contributed by atoms with Crippen molar-refractivity contribution in [1.29, 1.82) is 0 Å². The van der Waals surface area contributed by atoms with Crippen molar-refractivity contribution >= 4 is 32.8 Å². The predicted molar refractivity (Wildman–Crippen MR) is 81.6 cm³/mol. The Morgan fingerprint density at radius 3 is 2.78 bits per heavy atom. The molecule has 18 heavy (non-hydrogen) atoms. The molecular formula is C15H15NS2. The van der Waals surface area contributed by atoms with Crippen LogP contribution < -0.4 is 5.32 Å². The monoisotopic (exact) mass is 273 g/mol. The van der Waals surface area contributed by atoms with Gasteiger partial charge in [-0.05, 0) is 40.9 Å². The number of rotatable bonds is 4. The number of thiophene rings is 2. The maximum Gasteiger partial charge on any atom is 0.0390 e. The molecule has 0 fully saturated rings. The molecule has 0 aliphatic rings. The summed E-state index contributed by atoms with van der Waals surface area (Å²) in [6.45, 7) is 0. The van der Waals surface area contributed by atoms with Crippen LogP contribution in [-0.2, 0) is 6.42 Å². The lowest BCUT2D eigenvalue weighted by Crippen LogP contribution is -2.18. The average molecular weight is 273 g/mol. The molecule has 0 saturated heterocycles. The van der Waals surface area contributed by atoms with Crippen LogP contribution in [0.3, 0.4) is 0 Å². The molecule has 0 radical (unpaired) electrons. The number of fused-ring (bicyclic) bond motifs is 1. The summed E-state index contributed by atoms with van der Waals surface area (Å²) < 4.78 is 1.41. The van der Waals surface area contributed by atoms with E-state index < -0.39 is 0 Å². The highest BCUT2D eigenvalue weighted by Crippen LogP contribution is 2.31. The highest BCUT2D eigenvalue weighted by atomic mass is 32.1. The number of hydrogen-bond acceptors (Lipinski definition) is 3. The van der Waals surface area contributed by atoms with E-state index in [1.807, 2.05) is 29.7 Å². The van der Waals surface area contributed by atoms with Crippen LogP contribution >= 0.6 is 22.7 Å². The Bertz CT molecular complexity index is 625.